The molecule has 0 aliphatic carbocycles. The van der Waals surface area contributed by atoms with Gasteiger partial charge in [0.1, 0.15) is 6.04 Å². The Labute approximate surface area is 117 Å². The SMILES string of the molecule is CCCn1cc(C(C#N)Nc2ccc(Cl)cc2)cn1. The van der Waals surface area contributed by atoms with E-state index >= 15 is 0 Å². The van der Waals surface area contributed by atoms with E-state index in [0.717, 1.165) is 24.2 Å². The smallest absolute Gasteiger partial charge is 0.143 e. The van der Waals surface area contributed by atoms with Gasteiger partial charge < -0.3 is 5.32 Å². The van der Waals surface area contributed by atoms with E-state index in [1.807, 2.05) is 23.0 Å². The number of rotatable bonds is 5. The monoisotopic (exact) mass is 274 g/mol. The number of nitrogens with one attached hydrogen (secondary N) is 1. The van der Waals surface area contributed by atoms with Gasteiger partial charge in [-0.15, -0.1) is 0 Å². The highest BCUT2D eigenvalue weighted by atomic mass is 35.5. The first kappa shape index (κ1) is 13.4. The molecule has 0 fully saturated rings. The average molecular weight is 275 g/mol. The second-order valence-electron chi connectivity index (χ2n) is 4.25. The molecule has 0 radical (unpaired) electrons. The van der Waals surface area contributed by atoms with Crippen molar-refractivity contribution in [1.29, 1.82) is 5.26 Å². The van der Waals surface area contributed by atoms with Crippen molar-refractivity contribution >= 4 is 17.3 Å². The fourth-order valence-corrected chi connectivity index (χ4v) is 1.91. The molecular formula is C14H15ClN4. The van der Waals surface area contributed by atoms with Crippen LogP contribution in [0.3, 0.4) is 0 Å². The van der Waals surface area contributed by atoms with Crippen LogP contribution in [-0.4, -0.2) is 9.78 Å². The number of hydrogen-bond donors (Lipinski definition) is 1. The van der Waals surface area contributed by atoms with Crippen molar-refractivity contribution in [2.24, 2.45) is 0 Å². The minimum Gasteiger partial charge on any atom is -0.366 e. The van der Waals surface area contributed by atoms with Crippen LogP contribution >= 0.6 is 11.6 Å². The van der Waals surface area contributed by atoms with Crippen LogP contribution in [-0.2, 0) is 6.54 Å². The minimum absolute atomic E-state index is 0.410. The molecule has 98 valence electrons. The summed E-state index contributed by atoms with van der Waals surface area (Å²) < 4.78 is 1.85. The summed E-state index contributed by atoms with van der Waals surface area (Å²) >= 11 is 5.83. The molecule has 0 spiro atoms. The Morgan fingerprint density at radius 3 is 2.79 bits per heavy atom. The zero-order chi connectivity index (χ0) is 13.7. The van der Waals surface area contributed by atoms with E-state index in [0.29, 0.717) is 5.02 Å². The molecule has 5 heteroatoms. The van der Waals surface area contributed by atoms with Gasteiger partial charge >= 0.3 is 0 Å². The molecule has 2 aromatic rings. The molecule has 1 unspecified atom stereocenters. The molecule has 1 N–H and O–H groups in total. The number of hydrogen-bond acceptors (Lipinski definition) is 3. The molecule has 1 heterocycles. The van der Waals surface area contributed by atoms with Gasteiger partial charge in [-0.3, -0.25) is 4.68 Å². The Bertz CT molecular complexity index is 568. The van der Waals surface area contributed by atoms with E-state index in [1.54, 1.807) is 18.3 Å². The Balaban J connectivity index is 2.11. The predicted molar refractivity (Wildman–Crippen MR) is 75.9 cm³/mol. The topological polar surface area (TPSA) is 53.6 Å². The van der Waals surface area contributed by atoms with Gasteiger partial charge in [0.25, 0.3) is 0 Å². The van der Waals surface area contributed by atoms with Crippen LogP contribution in [0.4, 0.5) is 5.69 Å². The molecule has 1 aromatic carbocycles. The summed E-state index contributed by atoms with van der Waals surface area (Å²) in [7, 11) is 0. The third kappa shape index (κ3) is 3.49. The van der Waals surface area contributed by atoms with Gasteiger partial charge in [-0.1, -0.05) is 18.5 Å². The molecule has 0 saturated heterocycles. The zero-order valence-electron chi connectivity index (χ0n) is 10.7. The molecule has 0 aliphatic rings. The molecule has 4 nitrogen and oxygen atoms in total. The van der Waals surface area contributed by atoms with Crippen LogP contribution in [0, 0.1) is 11.3 Å². The molecule has 2 rings (SSSR count). The first-order chi connectivity index (χ1) is 9.22. The highest BCUT2D eigenvalue weighted by Gasteiger charge is 2.12. The number of anilines is 1. The number of halogens is 1. The molecule has 0 bridgehead atoms. The van der Waals surface area contributed by atoms with E-state index in [2.05, 4.69) is 23.4 Å². The minimum atomic E-state index is -0.410. The molecule has 1 aromatic heterocycles. The Morgan fingerprint density at radius 1 is 1.42 bits per heavy atom. The van der Waals surface area contributed by atoms with Gasteiger partial charge in [-0.25, -0.2) is 0 Å². The van der Waals surface area contributed by atoms with E-state index in [4.69, 9.17) is 11.6 Å². The molecule has 0 amide bonds. The molecule has 0 aliphatic heterocycles. The Kier molecular flexibility index (Phi) is 4.43. The van der Waals surface area contributed by atoms with E-state index in [1.165, 1.54) is 0 Å². The third-order valence-corrected chi connectivity index (χ3v) is 2.98. The first-order valence-electron chi connectivity index (χ1n) is 6.17. The Hall–Kier alpha value is -1.99. The van der Waals surface area contributed by atoms with Gasteiger partial charge in [0.05, 0.1) is 12.3 Å². The second-order valence-corrected chi connectivity index (χ2v) is 4.69. The zero-order valence-corrected chi connectivity index (χ0v) is 11.4. The van der Waals surface area contributed by atoms with Crippen LogP contribution in [0.15, 0.2) is 36.7 Å². The van der Waals surface area contributed by atoms with Crippen molar-refractivity contribution in [3.05, 3.63) is 47.2 Å². The molecule has 19 heavy (non-hydrogen) atoms. The lowest BCUT2D eigenvalue weighted by atomic mass is 10.1. The first-order valence-corrected chi connectivity index (χ1v) is 6.55. The summed E-state index contributed by atoms with van der Waals surface area (Å²) in [6.45, 7) is 2.95. The molecule has 0 saturated carbocycles. The van der Waals surface area contributed by atoms with Crippen LogP contribution < -0.4 is 5.32 Å². The Morgan fingerprint density at radius 2 is 2.16 bits per heavy atom. The summed E-state index contributed by atoms with van der Waals surface area (Å²) in [6.07, 6.45) is 4.65. The second kappa shape index (κ2) is 6.26. The highest BCUT2D eigenvalue weighted by Crippen LogP contribution is 2.20. The van der Waals surface area contributed by atoms with Gasteiger partial charge in [0, 0.05) is 29.0 Å². The number of aryl methyl sites for hydroxylation is 1. The van der Waals surface area contributed by atoms with Crippen LogP contribution in [0.2, 0.25) is 5.02 Å². The third-order valence-electron chi connectivity index (χ3n) is 2.72. The van der Waals surface area contributed by atoms with Gasteiger partial charge in [0.15, 0.2) is 0 Å². The van der Waals surface area contributed by atoms with Gasteiger partial charge in [0.2, 0.25) is 0 Å². The summed E-state index contributed by atoms with van der Waals surface area (Å²) in [5.74, 6) is 0. The fraction of sp³-hybridized carbons (Fsp3) is 0.286. The highest BCUT2D eigenvalue weighted by molar-refractivity contribution is 6.30. The lowest BCUT2D eigenvalue weighted by Gasteiger charge is -2.11. The van der Waals surface area contributed by atoms with E-state index in [9.17, 15) is 5.26 Å². The summed E-state index contributed by atoms with van der Waals surface area (Å²) in [5, 5.41) is 17.3. The van der Waals surface area contributed by atoms with Crippen LogP contribution in [0.25, 0.3) is 0 Å². The molecular weight excluding hydrogens is 260 g/mol. The van der Waals surface area contributed by atoms with Crippen molar-refractivity contribution in [2.75, 3.05) is 5.32 Å². The van der Waals surface area contributed by atoms with Gasteiger partial charge in [-0.2, -0.15) is 10.4 Å². The van der Waals surface area contributed by atoms with Crippen molar-refractivity contribution in [1.82, 2.24) is 9.78 Å². The maximum atomic E-state index is 9.26. The fourth-order valence-electron chi connectivity index (χ4n) is 1.78. The van der Waals surface area contributed by atoms with Crippen molar-refractivity contribution in [3.63, 3.8) is 0 Å². The summed E-state index contributed by atoms with van der Waals surface area (Å²) in [4.78, 5) is 0. The normalized spacial score (nSPS) is 11.8. The maximum Gasteiger partial charge on any atom is 0.143 e. The predicted octanol–water partition coefficient (Wildman–Crippen LogP) is 3.62. The van der Waals surface area contributed by atoms with Crippen LogP contribution in [0.1, 0.15) is 24.9 Å². The molecule has 1 atom stereocenters. The maximum absolute atomic E-state index is 9.26. The summed E-state index contributed by atoms with van der Waals surface area (Å²) in [5.41, 5.74) is 1.73. The number of nitriles is 1. The van der Waals surface area contributed by atoms with E-state index in [-0.39, 0.29) is 0 Å². The standard InChI is InChI=1S/C14H15ClN4/c1-2-7-19-10-11(9-17-19)14(8-16)18-13-5-3-12(15)4-6-13/h3-6,9-10,14,18H,2,7H2,1H3. The number of aromatic nitrogens is 2. The van der Waals surface area contributed by atoms with Crippen molar-refractivity contribution in [2.45, 2.75) is 25.9 Å². The largest absolute Gasteiger partial charge is 0.366 e. The quantitative estimate of drug-likeness (QED) is 0.906. The van der Waals surface area contributed by atoms with Crippen molar-refractivity contribution in [3.8, 4) is 6.07 Å². The number of nitrogens with zero attached hydrogens (tertiary/aromatic N) is 3. The van der Waals surface area contributed by atoms with E-state index < -0.39 is 6.04 Å². The lowest BCUT2D eigenvalue weighted by Crippen LogP contribution is -2.07. The average Bonchev–Trinajstić information content (AvgIpc) is 2.87. The van der Waals surface area contributed by atoms with Crippen LogP contribution in [0.5, 0.6) is 0 Å². The van der Waals surface area contributed by atoms with Gasteiger partial charge in [-0.05, 0) is 30.7 Å². The summed E-state index contributed by atoms with van der Waals surface area (Å²) in [6, 6.07) is 9.11. The number of benzene rings is 1. The van der Waals surface area contributed by atoms with Crippen molar-refractivity contribution < 1.29 is 0 Å². The lowest BCUT2D eigenvalue weighted by molar-refractivity contribution is 0.602.